The summed E-state index contributed by atoms with van der Waals surface area (Å²) in [5.41, 5.74) is -0.439. The van der Waals surface area contributed by atoms with E-state index in [1.165, 1.54) is 0 Å². The van der Waals surface area contributed by atoms with Crippen LogP contribution in [-0.2, 0) is 9.31 Å². The second kappa shape index (κ2) is 2.74. The molecule has 3 heteroatoms. The number of allylic oxidation sites excluding steroid dienone is 3. The molecule has 0 aliphatic carbocycles. The van der Waals surface area contributed by atoms with E-state index in [0.717, 1.165) is 6.32 Å². The smallest absolute Gasteiger partial charge is 0.267 e. The Morgan fingerprint density at radius 1 is 1.00 bits per heavy atom. The van der Waals surface area contributed by atoms with E-state index < -0.39 is 6.55 Å². The zero-order chi connectivity index (χ0) is 10.4. The van der Waals surface area contributed by atoms with Gasteiger partial charge in [0.15, 0.2) is 0 Å². The predicted molar refractivity (Wildman–Crippen MR) is 59.2 cm³/mol. The Balaban J connectivity index is 2.29. The summed E-state index contributed by atoms with van der Waals surface area (Å²) in [6.07, 6.45) is 7.03. The van der Waals surface area contributed by atoms with E-state index in [1.54, 1.807) is 0 Å². The first kappa shape index (κ1) is 10.00. The largest absolute Gasteiger partial charge is 0.558 e. The first-order valence-corrected chi connectivity index (χ1v) is 5.28. The summed E-state index contributed by atoms with van der Waals surface area (Å²) in [6, 6.07) is 0. The summed E-state index contributed by atoms with van der Waals surface area (Å²) in [7, 11) is 0. The molecule has 0 bridgehead atoms. The van der Waals surface area contributed by atoms with Gasteiger partial charge in [-0.2, -0.15) is 5.98 Å². The van der Waals surface area contributed by atoms with Gasteiger partial charge in [-0.15, -0.1) is 18.5 Å². The minimum absolute atomic E-state index is 0.220. The van der Waals surface area contributed by atoms with Crippen molar-refractivity contribution in [1.82, 2.24) is 0 Å². The quantitative estimate of drug-likeness (QED) is 0.550. The molecule has 0 N–H and O–H groups in total. The molecule has 0 aromatic carbocycles. The lowest BCUT2D eigenvalue weighted by Gasteiger charge is -2.37. The van der Waals surface area contributed by atoms with Crippen molar-refractivity contribution in [3.63, 3.8) is 0 Å². The van der Waals surface area contributed by atoms with Gasteiger partial charge in [0.05, 0.1) is 0 Å². The average Bonchev–Trinajstić information content (AvgIpc) is 2.18. The van der Waals surface area contributed by atoms with Crippen molar-refractivity contribution in [2.45, 2.75) is 45.2 Å². The van der Waals surface area contributed by atoms with Crippen LogP contribution >= 0.6 is 0 Å². The number of hydrogen-bond acceptors (Lipinski definition) is 2. The average molecular weight is 193 g/mol. The lowest BCUT2D eigenvalue weighted by Crippen LogP contribution is -2.41. The van der Waals surface area contributed by atoms with Gasteiger partial charge in [-0.1, -0.05) is 6.08 Å². The highest BCUT2D eigenvalue weighted by Gasteiger charge is 2.49. The number of rotatable bonds is 0. The molecule has 0 atom stereocenters. The summed E-state index contributed by atoms with van der Waals surface area (Å²) < 4.78 is 12.2. The molecular weight excluding hydrogens is 175 g/mol. The molecule has 0 aromatic rings. The maximum atomic E-state index is 6.09. The summed E-state index contributed by atoms with van der Waals surface area (Å²) in [4.78, 5) is 0. The molecule has 0 unspecified atom stereocenters. The van der Waals surface area contributed by atoms with Crippen molar-refractivity contribution in [3.05, 3.63) is 24.2 Å². The van der Waals surface area contributed by atoms with Crippen LogP contribution in [0.4, 0.5) is 0 Å². The highest BCUT2D eigenvalue weighted by molar-refractivity contribution is 6.74. The van der Waals surface area contributed by atoms with Gasteiger partial charge in [0, 0.05) is 11.2 Å². The van der Waals surface area contributed by atoms with Gasteiger partial charge in [-0.05, 0) is 27.7 Å². The van der Waals surface area contributed by atoms with Gasteiger partial charge in [-0.25, -0.2) is 0 Å². The Morgan fingerprint density at radius 2 is 1.57 bits per heavy atom. The first-order chi connectivity index (χ1) is 6.37. The Hall–Kier alpha value is -0.535. The zero-order valence-corrected chi connectivity index (χ0v) is 9.41. The molecule has 1 spiro atoms. The van der Waals surface area contributed by atoms with Gasteiger partial charge in [0.2, 0.25) is 0 Å². The van der Waals surface area contributed by atoms with Crippen molar-refractivity contribution >= 4 is 6.55 Å². The maximum Gasteiger partial charge on any atom is 0.267 e. The molecule has 2 nitrogen and oxygen atoms in total. The van der Waals surface area contributed by atoms with E-state index in [1.807, 2.05) is 12.2 Å². The van der Waals surface area contributed by atoms with Crippen LogP contribution in [0.5, 0.6) is 0 Å². The normalized spacial score (nSPS) is 31.1. The van der Waals surface area contributed by atoms with Crippen molar-refractivity contribution in [3.8, 4) is 0 Å². The fraction of sp³-hybridized carbons (Fsp3) is 0.636. The molecule has 1 saturated heterocycles. The fourth-order valence-electron chi connectivity index (χ4n) is 2.14. The molecule has 14 heavy (non-hydrogen) atoms. The molecular formula is C11H18BO2-. The lowest BCUT2D eigenvalue weighted by molar-refractivity contribution is 0.00578. The van der Waals surface area contributed by atoms with Crippen LogP contribution < -0.4 is 0 Å². The highest BCUT2D eigenvalue weighted by Crippen LogP contribution is 2.44. The van der Waals surface area contributed by atoms with E-state index in [2.05, 4.69) is 39.7 Å². The van der Waals surface area contributed by atoms with Gasteiger partial charge in [0.25, 0.3) is 6.55 Å². The second-order valence-corrected chi connectivity index (χ2v) is 5.24. The van der Waals surface area contributed by atoms with Crippen LogP contribution in [0.2, 0.25) is 6.32 Å². The Morgan fingerprint density at radius 3 is 2.00 bits per heavy atom. The first-order valence-electron chi connectivity index (χ1n) is 5.28. The van der Waals surface area contributed by atoms with E-state index in [9.17, 15) is 0 Å². The van der Waals surface area contributed by atoms with Crippen molar-refractivity contribution in [2.24, 2.45) is 0 Å². The predicted octanol–water partition coefficient (Wildman–Crippen LogP) is 2.70. The van der Waals surface area contributed by atoms with Gasteiger partial charge >= 0.3 is 0 Å². The Bertz CT molecular complexity index is 286. The highest BCUT2D eigenvalue weighted by atomic mass is 16.7. The third-order valence-electron chi connectivity index (χ3n) is 3.55. The van der Waals surface area contributed by atoms with Crippen LogP contribution in [0.1, 0.15) is 27.7 Å². The van der Waals surface area contributed by atoms with Crippen molar-refractivity contribution in [2.75, 3.05) is 0 Å². The van der Waals surface area contributed by atoms with E-state index in [0.29, 0.717) is 0 Å². The molecule has 2 aliphatic rings. The van der Waals surface area contributed by atoms with Gasteiger partial charge in [-0.3, -0.25) is 0 Å². The summed E-state index contributed by atoms with van der Waals surface area (Å²) in [5.74, 6) is 2.07. The molecule has 0 radical (unpaired) electrons. The van der Waals surface area contributed by atoms with Crippen LogP contribution in [0.15, 0.2) is 24.2 Å². The minimum atomic E-state index is -1.22. The fourth-order valence-corrected chi connectivity index (χ4v) is 2.14. The van der Waals surface area contributed by atoms with Gasteiger partial charge in [0.1, 0.15) is 0 Å². The SMILES string of the molecule is CC1(C)O[B-]2(C=CC=CC2)OC1(C)C. The molecule has 1 fully saturated rings. The summed E-state index contributed by atoms with van der Waals surface area (Å²) in [5, 5.41) is 0. The molecule has 2 heterocycles. The lowest BCUT2D eigenvalue weighted by atomic mass is 9.53. The van der Waals surface area contributed by atoms with Gasteiger partial charge < -0.3 is 9.31 Å². The minimum Gasteiger partial charge on any atom is -0.558 e. The third kappa shape index (κ3) is 1.35. The number of hydrogen-bond donors (Lipinski definition) is 0. The third-order valence-corrected chi connectivity index (χ3v) is 3.55. The molecule has 2 aliphatic heterocycles. The summed E-state index contributed by atoms with van der Waals surface area (Å²) >= 11 is 0. The van der Waals surface area contributed by atoms with E-state index in [-0.39, 0.29) is 11.2 Å². The molecule has 78 valence electrons. The van der Waals surface area contributed by atoms with Crippen molar-refractivity contribution < 1.29 is 9.31 Å². The zero-order valence-electron chi connectivity index (χ0n) is 9.41. The Labute approximate surface area is 86.0 Å². The standard InChI is InChI=1S/C11H18BO2/c1-10(2)11(3,4)14-12(13-10)8-6-5-7-9-12/h5-8H,9H2,1-4H3/q-1. The molecule has 2 rings (SSSR count). The maximum absolute atomic E-state index is 6.09. The molecule has 0 saturated carbocycles. The van der Waals surface area contributed by atoms with Crippen LogP contribution in [0, 0.1) is 0 Å². The van der Waals surface area contributed by atoms with Crippen LogP contribution in [-0.4, -0.2) is 17.8 Å². The van der Waals surface area contributed by atoms with E-state index in [4.69, 9.17) is 9.31 Å². The monoisotopic (exact) mass is 193 g/mol. The Kier molecular flexibility index (Phi) is 1.96. The van der Waals surface area contributed by atoms with Crippen molar-refractivity contribution in [1.29, 1.82) is 0 Å². The van der Waals surface area contributed by atoms with Crippen LogP contribution in [0.25, 0.3) is 0 Å². The molecule has 0 amide bonds. The second-order valence-electron chi connectivity index (χ2n) is 5.24. The van der Waals surface area contributed by atoms with Crippen LogP contribution in [0.3, 0.4) is 0 Å². The topological polar surface area (TPSA) is 18.5 Å². The summed E-state index contributed by atoms with van der Waals surface area (Å²) in [6.45, 7) is 7.16. The molecule has 0 aromatic heterocycles. The van der Waals surface area contributed by atoms with E-state index >= 15 is 0 Å².